The van der Waals surface area contributed by atoms with Crippen LogP contribution in [-0.4, -0.2) is 21.8 Å². The number of aryl methyl sites for hydroxylation is 1. The highest BCUT2D eigenvalue weighted by Crippen LogP contribution is 2.12. The molecule has 2 rings (SSSR count). The molecular formula is C13H17N3O. The van der Waals surface area contributed by atoms with Gasteiger partial charge in [0.25, 0.3) is 5.91 Å². The van der Waals surface area contributed by atoms with Gasteiger partial charge in [0, 0.05) is 12.7 Å². The molecule has 0 aliphatic heterocycles. The van der Waals surface area contributed by atoms with Crippen molar-refractivity contribution in [2.45, 2.75) is 20.8 Å². The van der Waals surface area contributed by atoms with E-state index >= 15 is 0 Å². The maximum absolute atomic E-state index is 12.0. The largest absolute Gasteiger partial charge is 0.350 e. The summed E-state index contributed by atoms with van der Waals surface area (Å²) >= 11 is 0. The molecule has 0 bridgehead atoms. The third kappa shape index (κ3) is 2.30. The molecule has 2 aromatic rings. The normalized spacial score (nSPS) is 11.1. The second kappa shape index (κ2) is 4.57. The van der Waals surface area contributed by atoms with Crippen LogP contribution >= 0.6 is 0 Å². The van der Waals surface area contributed by atoms with Gasteiger partial charge in [-0.15, -0.1) is 0 Å². The van der Waals surface area contributed by atoms with Crippen LogP contribution in [0.4, 0.5) is 0 Å². The Kier molecular flexibility index (Phi) is 3.13. The van der Waals surface area contributed by atoms with Gasteiger partial charge < -0.3 is 9.72 Å². The van der Waals surface area contributed by atoms with Gasteiger partial charge in [0.05, 0.1) is 5.52 Å². The molecule has 0 saturated heterocycles. The fraction of sp³-hybridized carbons (Fsp3) is 0.385. The van der Waals surface area contributed by atoms with E-state index < -0.39 is 0 Å². The van der Waals surface area contributed by atoms with Crippen molar-refractivity contribution in [3.63, 3.8) is 0 Å². The average molecular weight is 231 g/mol. The summed E-state index contributed by atoms with van der Waals surface area (Å²) in [5.41, 5.74) is 1.36. The zero-order chi connectivity index (χ0) is 12.4. The van der Waals surface area contributed by atoms with E-state index in [2.05, 4.69) is 24.1 Å². The summed E-state index contributed by atoms with van der Waals surface area (Å²) in [6.45, 7) is 6.70. The fourth-order valence-corrected chi connectivity index (χ4v) is 1.74. The number of fused-ring (bicyclic) bond motifs is 1. The lowest BCUT2D eigenvalue weighted by Crippen LogP contribution is -2.27. The summed E-state index contributed by atoms with van der Waals surface area (Å²) < 4.78 is 1.92. The summed E-state index contributed by atoms with van der Waals surface area (Å²) in [4.78, 5) is 16.3. The quantitative estimate of drug-likeness (QED) is 0.878. The molecule has 0 atom stereocenters. The predicted molar refractivity (Wildman–Crippen MR) is 67.1 cm³/mol. The zero-order valence-corrected chi connectivity index (χ0v) is 10.4. The van der Waals surface area contributed by atoms with Crippen molar-refractivity contribution in [3.8, 4) is 0 Å². The van der Waals surface area contributed by atoms with Crippen LogP contribution in [0.25, 0.3) is 5.52 Å². The monoisotopic (exact) mass is 231 g/mol. The lowest BCUT2D eigenvalue weighted by atomic mass is 10.2. The van der Waals surface area contributed by atoms with Crippen LogP contribution in [0.5, 0.6) is 0 Å². The van der Waals surface area contributed by atoms with Gasteiger partial charge in [-0.25, -0.2) is 4.98 Å². The van der Waals surface area contributed by atoms with Crippen molar-refractivity contribution in [3.05, 3.63) is 35.9 Å². The first-order chi connectivity index (χ1) is 8.09. The SMILES string of the molecule is Cc1nc(C(=O)NCC(C)C)c2ccccn12. The minimum Gasteiger partial charge on any atom is -0.350 e. The third-order valence-electron chi connectivity index (χ3n) is 2.61. The number of pyridine rings is 1. The first-order valence-electron chi connectivity index (χ1n) is 5.81. The van der Waals surface area contributed by atoms with E-state index in [1.165, 1.54) is 0 Å². The highest BCUT2D eigenvalue weighted by Gasteiger charge is 2.14. The Morgan fingerprint density at radius 3 is 2.94 bits per heavy atom. The van der Waals surface area contributed by atoms with E-state index in [4.69, 9.17) is 0 Å². The average Bonchev–Trinajstić information content (AvgIpc) is 2.65. The molecule has 17 heavy (non-hydrogen) atoms. The second-order valence-corrected chi connectivity index (χ2v) is 4.57. The van der Waals surface area contributed by atoms with Crippen LogP contribution in [-0.2, 0) is 0 Å². The summed E-state index contributed by atoms with van der Waals surface area (Å²) in [6, 6.07) is 5.75. The van der Waals surface area contributed by atoms with Crippen molar-refractivity contribution in [1.82, 2.24) is 14.7 Å². The lowest BCUT2D eigenvalue weighted by Gasteiger charge is -2.05. The number of amides is 1. The van der Waals surface area contributed by atoms with Crippen molar-refractivity contribution >= 4 is 11.4 Å². The minimum absolute atomic E-state index is 0.101. The minimum atomic E-state index is -0.101. The molecule has 0 spiro atoms. The topological polar surface area (TPSA) is 46.4 Å². The fourth-order valence-electron chi connectivity index (χ4n) is 1.74. The van der Waals surface area contributed by atoms with Crippen molar-refractivity contribution in [2.75, 3.05) is 6.54 Å². The Hall–Kier alpha value is -1.84. The molecule has 0 aromatic carbocycles. The number of hydrogen-bond donors (Lipinski definition) is 1. The van der Waals surface area contributed by atoms with Gasteiger partial charge in [-0.05, 0) is 25.0 Å². The molecule has 2 heterocycles. The number of nitrogens with zero attached hydrogens (tertiary/aromatic N) is 2. The maximum atomic E-state index is 12.0. The van der Waals surface area contributed by atoms with Gasteiger partial charge >= 0.3 is 0 Å². The number of aromatic nitrogens is 2. The molecule has 1 N–H and O–H groups in total. The number of imidazole rings is 1. The van der Waals surface area contributed by atoms with Crippen LogP contribution < -0.4 is 5.32 Å². The standard InChI is InChI=1S/C13H17N3O/c1-9(2)8-14-13(17)12-11-6-4-5-7-16(11)10(3)15-12/h4-7,9H,8H2,1-3H3,(H,14,17). The van der Waals surface area contributed by atoms with Crippen LogP contribution in [0.2, 0.25) is 0 Å². The second-order valence-electron chi connectivity index (χ2n) is 4.57. The van der Waals surface area contributed by atoms with E-state index in [0.717, 1.165) is 11.3 Å². The zero-order valence-electron chi connectivity index (χ0n) is 10.4. The maximum Gasteiger partial charge on any atom is 0.272 e. The first-order valence-corrected chi connectivity index (χ1v) is 5.81. The van der Waals surface area contributed by atoms with E-state index in [0.29, 0.717) is 18.2 Å². The van der Waals surface area contributed by atoms with Crippen LogP contribution in [0, 0.1) is 12.8 Å². The van der Waals surface area contributed by atoms with Crippen molar-refractivity contribution in [2.24, 2.45) is 5.92 Å². The van der Waals surface area contributed by atoms with E-state index in [-0.39, 0.29) is 5.91 Å². The molecule has 0 saturated carbocycles. The van der Waals surface area contributed by atoms with Gasteiger partial charge in [-0.2, -0.15) is 0 Å². The molecule has 1 amide bonds. The summed E-state index contributed by atoms with van der Waals surface area (Å²) in [7, 11) is 0. The molecule has 0 aliphatic carbocycles. The smallest absolute Gasteiger partial charge is 0.272 e. The highest BCUT2D eigenvalue weighted by atomic mass is 16.1. The third-order valence-corrected chi connectivity index (χ3v) is 2.61. The van der Waals surface area contributed by atoms with E-state index in [1.54, 1.807) is 0 Å². The molecule has 0 fully saturated rings. The van der Waals surface area contributed by atoms with Gasteiger partial charge in [0.15, 0.2) is 5.69 Å². The number of carbonyl (C=O) groups is 1. The molecule has 0 aliphatic rings. The van der Waals surface area contributed by atoms with Crippen molar-refractivity contribution in [1.29, 1.82) is 0 Å². The van der Waals surface area contributed by atoms with Crippen LogP contribution in [0.1, 0.15) is 30.2 Å². The van der Waals surface area contributed by atoms with E-state index in [1.807, 2.05) is 35.7 Å². The summed E-state index contributed by atoms with van der Waals surface area (Å²) in [6.07, 6.45) is 1.91. The molecule has 0 radical (unpaired) electrons. The Morgan fingerprint density at radius 1 is 1.47 bits per heavy atom. The Bertz CT molecular complexity index is 543. The molecule has 0 unspecified atom stereocenters. The number of rotatable bonds is 3. The van der Waals surface area contributed by atoms with Gasteiger partial charge in [0.2, 0.25) is 0 Å². The van der Waals surface area contributed by atoms with Gasteiger partial charge in [-0.1, -0.05) is 19.9 Å². The van der Waals surface area contributed by atoms with Crippen LogP contribution in [0.15, 0.2) is 24.4 Å². The number of carbonyl (C=O) groups excluding carboxylic acids is 1. The molecule has 4 nitrogen and oxygen atoms in total. The Labute approximate surface area is 101 Å². The van der Waals surface area contributed by atoms with Gasteiger partial charge in [-0.3, -0.25) is 4.79 Å². The number of hydrogen-bond acceptors (Lipinski definition) is 2. The molecule has 2 aromatic heterocycles. The molecule has 4 heteroatoms. The first kappa shape index (κ1) is 11.6. The van der Waals surface area contributed by atoms with Gasteiger partial charge in [0.1, 0.15) is 5.82 Å². The highest BCUT2D eigenvalue weighted by molar-refractivity contribution is 5.99. The predicted octanol–water partition coefficient (Wildman–Crippen LogP) is 2.03. The van der Waals surface area contributed by atoms with E-state index in [9.17, 15) is 4.79 Å². The Balaban J connectivity index is 2.32. The summed E-state index contributed by atoms with van der Waals surface area (Å²) in [5.74, 6) is 1.17. The number of nitrogens with one attached hydrogen (secondary N) is 1. The lowest BCUT2D eigenvalue weighted by molar-refractivity contribution is 0.0946. The molecule has 90 valence electrons. The summed E-state index contributed by atoms with van der Waals surface area (Å²) in [5, 5.41) is 2.89. The molecular weight excluding hydrogens is 214 g/mol. The van der Waals surface area contributed by atoms with Crippen LogP contribution in [0.3, 0.4) is 0 Å². The Morgan fingerprint density at radius 2 is 2.24 bits per heavy atom. The van der Waals surface area contributed by atoms with Crippen molar-refractivity contribution < 1.29 is 4.79 Å².